The Morgan fingerprint density at radius 2 is 1.83 bits per heavy atom. The normalized spacial score (nSPS) is 38.2. The zero-order valence-corrected chi connectivity index (χ0v) is 14.7. The molecule has 1 saturated carbocycles. The maximum absolute atomic E-state index is 10.2. The summed E-state index contributed by atoms with van der Waals surface area (Å²) in [4.78, 5) is 2.98. The van der Waals surface area contributed by atoms with Crippen molar-refractivity contribution >= 4 is 21.8 Å². The number of nitrogens with zero attached hydrogens (tertiary/aromatic N) is 2. The summed E-state index contributed by atoms with van der Waals surface area (Å²) in [5.74, 6) is -1.12. The van der Waals surface area contributed by atoms with E-state index in [0.717, 1.165) is 10.0 Å². The fraction of sp³-hybridized carbons (Fsp3) is 0.471. The molecular formula is C17H16BrN4O2+. The van der Waals surface area contributed by atoms with Crippen molar-refractivity contribution < 1.29 is 14.5 Å². The number of rotatable bonds is 2. The van der Waals surface area contributed by atoms with Crippen molar-refractivity contribution in [3.8, 4) is 12.1 Å². The molecule has 1 aromatic rings. The number of ether oxygens (including phenoxy) is 2. The van der Waals surface area contributed by atoms with Gasteiger partial charge in [0.15, 0.2) is 10.8 Å². The average Bonchev–Trinajstić information content (AvgIpc) is 2.81. The maximum Gasteiger partial charge on any atom is 0.343 e. The molecule has 0 unspecified atom stereocenters. The molecule has 3 N–H and O–H groups in total. The van der Waals surface area contributed by atoms with Crippen LogP contribution in [0.1, 0.15) is 18.9 Å². The molecule has 6 nitrogen and oxygen atoms in total. The van der Waals surface area contributed by atoms with E-state index in [2.05, 4.69) is 33.1 Å². The van der Waals surface area contributed by atoms with Gasteiger partial charge in [-0.05, 0) is 24.1 Å². The second-order valence-electron chi connectivity index (χ2n) is 6.34. The fourth-order valence-corrected chi connectivity index (χ4v) is 5.31. The molecule has 2 aliphatic heterocycles. The zero-order valence-electron chi connectivity index (χ0n) is 13.1. The molecule has 4 rings (SSSR count). The van der Waals surface area contributed by atoms with E-state index in [0.29, 0.717) is 19.6 Å². The highest BCUT2D eigenvalue weighted by molar-refractivity contribution is 9.10. The summed E-state index contributed by atoms with van der Waals surface area (Å²) >= 11 is 3.43. The van der Waals surface area contributed by atoms with Gasteiger partial charge in [0.05, 0.1) is 30.8 Å². The summed E-state index contributed by atoms with van der Waals surface area (Å²) < 4.78 is 12.6. The third-order valence-electron chi connectivity index (χ3n) is 5.87. The lowest BCUT2D eigenvalue weighted by Crippen LogP contribution is -2.90. The van der Waals surface area contributed by atoms with Gasteiger partial charge in [-0.15, -0.1) is 0 Å². The van der Waals surface area contributed by atoms with Crippen LogP contribution < -0.4 is 10.7 Å². The van der Waals surface area contributed by atoms with Crippen molar-refractivity contribution in [3.05, 3.63) is 34.3 Å². The predicted molar refractivity (Wildman–Crippen MR) is 87.0 cm³/mol. The van der Waals surface area contributed by atoms with Crippen molar-refractivity contribution in [2.75, 3.05) is 13.2 Å². The molecule has 2 heterocycles. The predicted octanol–water partition coefficient (Wildman–Crippen LogP) is 0.282. The maximum atomic E-state index is 10.2. The Hall–Kier alpha value is -1.93. The number of benzene rings is 1. The minimum Gasteiger partial charge on any atom is -0.311 e. The van der Waals surface area contributed by atoms with Crippen LogP contribution in [0.3, 0.4) is 0 Å². The molecule has 7 heteroatoms. The van der Waals surface area contributed by atoms with Crippen LogP contribution in [-0.2, 0) is 14.9 Å². The van der Waals surface area contributed by atoms with Crippen molar-refractivity contribution in [1.82, 2.24) is 0 Å². The molecular weight excluding hydrogens is 372 g/mol. The smallest absolute Gasteiger partial charge is 0.311 e. The van der Waals surface area contributed by atoms with Crippen LogP contribution in [0.2, 0.25) is 0 Å². The van der Waals surface area contributed by atoms with Gasteiger partial charge in [-0.3, -0.25) is 5.73 Å². The number of nitriles is 2. The van der Waals surface area contributed by atoms with E-state index < -0.39 is 22.2 Å². The Labute approximate surface area is 148 Å². The van der Waals surface area contributed by atoms with Gasteiger partial charge in [0.1, 0.15) is 0 Å². The second-order valence-corrected chi connectivity index (χ2v) is 7.26. The summed E-state index contributed by atoms with van der Waals surface area (Å²) in [7, 11) is 0. The van der Waals surface area contributed by atoms with Gasteiger partial charge >= 0.3 is 5.91 Å². The molecule has 0 amide bonds. The van der Waals surface area contributed by atoms with Gasteiger partial charge in [0.2, 0.25) is 0 Å². The third-order valence-corrected chi connectivity index (χ3v) is 6.40. The molecule has 0 bridgehead atoms. The molecule has 1 aromatic carbocycles. The standard InChI is InChI=1S/C17H15BrN4O2/c1-2-14(11-3-5-12(18)6-4-11)15(9-19)13(21)22-17(16(14,15)10-20)23-7-8-24-17/h3-6H,2,7-8H2,1H3,(H2,21,22)/p+1/t14-,15+,16-/m1/s1. The lowest BCUT2D eigenvalue weighted by Gasteiger charge is -2.29. The van der Waals surface area contributed by atoms with Crippen molar-refractivity contribution in [2.24, 2.45) is 16.6 Å². The average molecular weight is 388 g/mol. The molecule has 3 atom stereocenters. The summed E-state index contributed by atoms with van der Waals surface area (Å²) in [5.41, 5.74) is 3.94. The molecule has 24 heavy (non-hydrogen) atoms. The lowest BCUT2D eigenvalue weighted by atomic mass is 9.80. The number of halogens is 1. The van der Waals surface area contributed by atoms with Gasteiger partial charge in [-0.25, -0.2) is 4.99 Å². The number of nitrogens with one attached hydrogen (secondary N) is 1. The highest BCUT2D eigenvalue weighted by atomic mass is 79.9. The van der Waals surface area contributed by atoms with E-state index in [9.17, 15) is 10.5 Å². The van der Waals surface area contributed by atoms with Gasteiger partial charge in [0, 0.05) is 4.47 Å². The van der Waals surface area contributed by atoms with E-state index >= 15 is 0 Å². The van der Waals surface area contributed by atoms with Crippen molar-refractivity contribution in [1.29, 1.82) is 10.5 Å². The molecule has 2 fully saturated rings. The number of amidine groups is 1. The Bertz CT molecular complexity index is 834. The van der Waals surface area contributed by atoms with Crippen LogP contribution in [0.25, 0.3) is 0 Å². The van der Waals surface area contributed by atoms with Crippen molar-refractivity contribution in [2.45, 2.75) is 24.7 Å². The summed E-state index contributed by atoms with van der Waals surface area (Å²) in [6.07, 6.45) is 0.562. The fourth-order valence-electron chi connectivity index (χ4n) is 5.05. The van der Waals surface area contributed by atoms with E-state index in [1.54, 1.807) is 0 Å². The highest BCUT2D eigenvalue weighted by Gasteiger charge is 3.04. The van der Waals surface area contributed by atoms with Gasteiger partial charge in [-0.1, -0.05) is 35.0 Å². The van der Waals surface area contributed by atoms with Crippen molar-refractivity contribution in [3.63, 3.8) is 0 Å². The Morgan fingerprint density at radius 1 is 1.21 bits per heavy atom. The minimum atomic E-state index is -1.37. The Morgan fingerprint density at radius 3 is 2.33 bits per heavy atom. The van der Waals surface area contributed by atoms with Gasteiger partial charge in [0.25, 0.3) is 5.84 Å². The quantitative estimate of drug-likeness (QED) is 0.757. The third kappa shape index (κ3) is 1.23. The molecule has 122 valence electrons. The van der Waals surface area contributed by atoms with Crippen LogP contribution in [0.5, 0.6) is 0 Å². The van der Waals surface area contributed by atoms with Gasteiger partial charge in [-0.2, -0.15) is 10.5 Å². The number of fused-ring (bicyclic) bond motifs is 2. The summed E-state index contributed by atoms with van der Waals surface area (Å²) in [5, 5.41) is 20.3. The molecule has 0 aromatic heterocycles. The first-order chi connectivity index (χ1) is 11.5. The summed E-state index contributed by atoms with van der Waals surface area (Å²) in [6, 6.07) is 12.4. The van der Waals surface area contributed by atoms with Gasteiger partial charge < -0.3 is 9.47 Å². The monoisotopic (exact) mass is 387 g/mol. The topological polar surface area (TPSA) is 106 Å². The molecule has 3 aliphatic rings. The Kier molecular flexibility index (Phi) is 2.97. The SMILES string of the molecule is CC[C@@]1(c2ccc(Br)cc2)[C@]2(C#N)C(N)=[NH+]C3(OCCO3)[C@@]21C#N. The van der Waals surface area contributed by atoms with E-state index in [1.807, 2.05) is 31.2 Å². The molecule has 0 radical (unpaired) electrons. The lowest BCUT2D eigenvalue weighted by molar-refractivity contribution is -0.677. The first kappa shape index (κ1) is 15.6. The highest BCUT2D eigenvalue weighted by Crippen LogP contribution is 2.83. The second kappa shape index (κ2) is 4.58. The van der Waals surface area contributed by atoms with Crippen LogP contribution in [0.15, 0.2) is 28.7 Å². The Balaban J connectivity index is 2.03. The van der Waals surface area contributed by atoms with E-state index in [-0.39, 0.29) is 5.84 Å². The number of hydrogen-bond acceptors (Lipinski definition) is 5. The minimum absolute atomic E-state index is 0.248. The largest absolute Gasteiger partial charge is 0.343 e. The molecule has 1 spiro atoms. The van der Waals surface area contributed by atoms with E-state index in [4.69, 9.17) is 15.2 Å². The summed E-state index contributed by atoms with van der Waals surface area (Å²) in [6.45, 7) is 2.67. The molecule has 1 aliphatic carbocycles. The van der Waals surface area contributed by atoms with Crippen LogP contribution in [-0.4, -0.2) is 25.0 Å². The first-order valence-corrected chi connectivity index (χ1v) is 8.59. The van der Waals surface area contributed by atoms with Crippen LogP contribution in [0, 0.1) is 33.5 Å². The number of nitrogens with two attached hydrogens (primary N) is 1. The first-order valence-electron chi connectivity index (χ1n) is 7.79. The van der Waals surface area contributed by atoms with Crippen LogP contribution >= 0.6 is 15.9 Å². The number of hydrogen-bond donors (Lipinski definition) is 2. The van der Waals surface area contributed by atoms with E-state index in [1.165, 1.54) is 0 Å². The molecule has 1 saturated heterocycles. The van der Waals surface area contributed by atoms with Crippen LogP contribution in [0.4, 0.5) is 0 Å². The zero-order chi connectivity index (χ0) is 17.2.